The van der Waals surface area contributed by atoms with Crippen molar-refractivity contribution in [2.75, 3.05) is 0 Å². The maximum absolute atomic E-state index is 13.1. The fourth-order valence-electron chi connectivity index (χ4n) is 2.73. The molecule has 0 radical (unpaired) electrons. The van der Waals surface area contributed by atoms with Gasteiger partial charge in [-0.25, -0.2) is 4.39 Å². The molecule has 0 aliphatic rings. The Morgan fingerprint density at radius 2 is 1.35 bits per heavy atom. The lowest BCUT2D eigenvalue weighted by Gasteiger charge is -2.06. The molecule has 0 saturated carbocycles. The van der Waals surface area contributed by atoms with Gasteiger partial charge in [-0.05, 0) is 40.8 Å². The fourth-order valence-corrected chi connectivity index (χ4v) is 2.73. The van der Waals surface area contributed by atoms with Crippen LogP contribution < -0.4 is 0 Å². The molecule has 0 aliphatic carbocycles. The summed E-state index contributed by atoms with van der Waals surface area (Å²) >= 11 is 0. The molecular formula is C21H14FN. The molecule has 0 atom stereocenters. The topological polar surface area (TPSA) is 12.9 Å². The zero-order valence-electron chi connectivity index (χ0n) is 12.4. The average Bonchev–Trinajstić information content (AvgIpc) is 2.62. The first kappa shape index (κ1) is 13.6. The molecule has 0 bridgehead atoms. The zero-order valence-corrected chi connectivity index (χ0v) is 12.4. The second-order valence-corrected chi connectivity index (χ2v) is 5.50. The number of aromatic nitrogens is 1. The van der Waals surface area contributed by atoms with Gasteiger partial charge in [0.1, 0.15) is 5.82 Å². The van der Waals surface area contributed by atoms with E-state index in [0.717, 1.165) is 33.2 Å². The minimum absolute atomic E-state index is 0.219. The van der Waals surface area contributed by atoms with Crippen molar-refractivity contribution in [2.24, 2.45) is 0 Å². The number of pyridine rings is 1. The minimum Gasteiger partial charge on any atom is -0.256 e. The van der Waals surface area contributed by atoms with Gasteiger partial charge in [-0.2, -0.15) is 0 Å². The van der Waals surface area contributed by atoms with Gasteiger partial charge in [0.15, 0.2) is 0 Å². The van der Waals surface area contributed by atoms with Crippen LogP contribution in [0, 0.1) is 5.82 Å². The lowest BCUT2D eigenvalue weighted by atomic mass is 10.0. The van der Waals surface area contributed by atoms with Gasteiger partial charge in [0, 0.05) is 17.1 Å². The smallest absolute Gasteiger partial charge is 0.123 e. The van der Waals surface area contributed by atoms with E-state index in [1.807, 2.05) is 24.4 Å². The SMILES string of the molecule is Fc1ccc(-c2ccc3cc(-c4ccccc4)ncc3c2)cc1. The Bertz CT molecular complexity index is 960. The molecule has 0 amide bonds. The van der Waals surface area contributed by atoms with Crippen molar-refractivity contribution in [3.63, 3.8) is 0 Å². The first-order chi connectivity index (χ1) is 11.3. The standard InChI is InChI=1S/C21H14FN/c22-20-10-8-15(9-11-20)17-6-7-18-13-21(23-14-19(18)12-17)16-4-2-1-3-5-16/h1-14H. The van der Waals surface area contributed by atoms with Crippen LogP contribution in [0.25, 0.3) is 33.2 Å². The Morgan fingerprint density at radius 3 is 2.13 bits per heavy atom. The molecule has 0 N–H and O–H groups in total. The highest BCUT2D eigenvalue weighted by Crippen LogP contribution is 2.27. The van der Waals surface area contributed by atoms with Gasteiger partial charge in [0.05, 0.1) is 5.69 Å². The van der Waals surface area contributed by atoms with E-state index in [4.69, 9.17) is 0 Å². The molecule has 0 fully saturated rings. The third-order valence-corrected chi connectivity index (χ3v) is 3.97. The number of rotatable bonds is 2. The van der Waals surface area contributed by atoms with Gasteiger partial charge in [0.25, 0.3) is 0 Å². The van der Waals surface area contributed by atoms with E-state index in [-0.39, 0.29) is 5.82 Å². The second-order valence-electron chi connectivity index (χ2n) is 5.50. The Kier molecular flexibility index (Phi) is 3.35. The van der Waals surface area contributed by atoms with Crippen LogP contribution in [0.2, 0.25) is 0 Å². The first-order valence-corrected chi connectivity index (χ1v) is 7.51. The van der Waals surface area contributed by atoms with Crippen molar-refractivity contribution in [1.29, 1.82) is 0 Å². The van der Waals surface area contributed by atoms with Crippen LogP contribution in [0.1, 0.15) is 0 Å². The normalized spacial score (nSPS) is 10.8. The number of nitrogens with zero attached hydrogens (tertiary/aromatic N) is 1. The van der Waals surface area contributed by atoms with Crippen molar-refractivity contribution in [3.8, 4) is 22.4 Å². The number of halogens is 1. The van der Waals surface area contributed by atoms with Gasteiger partial charge in [0.2, 0.25) is 0 Å². The van der Waals surface area contributed by atoms with Crippen molar-refractivity contribution < 1.29 is 4.39 Å². The summed E-state index contributed by atoms with van der Waals surface area (Å²) in [4.78, 5) is 4.57. The Labute approximate surface area is 134 Å². The molecule has 1 heterocycles. The van der Waals surface area contributed by atoms with Crippen LogP contribution in [0.5, 0.6) is 0 Å². The molecule has 2 heteroatoms. The molecule has 4 aromatic rings. The molecule has 0 unspecified atom stereocenters. The lowest BCUT2D eigenvalue weighted by Crippen LogP contribution is -1.85. The summed E-state index contributed by atoms with van der Waals surface area (Å²) in [5, 5.41) is 2.22. The lowest BCUT2D eigenvalue weighted by molar-refractivity contribution is 0.628. The quantitative estimate of drug-likeness (QED) is 0.462. The first-order valence-electron chi connectivity index (χ1n) is 7.51. The summed E-state index contributed by atoms with van der Waals surface area (Å²) in [6.07, 6.45) is 1.89. The number of fused-ring (bicyclic) bond motifs is 1. The summed E-state index contributed by atoms with van der Waals surface area (Å²) < 4.78 is 13.1. The largest absolute Gasteiger partial charge is 0.256 e. The average molecular weight is 299 g/mol. The molecule has 110 valence electrons. The van der Waals surface area contributed by atoms with Crippen LogP contribution in [-0.4, -0.2) is 4.98 Å². The van der Waals surface area contributed by atoms with Crippen LogP contribution in [0.3, 0.4) is 0 Å². The maximum atomic E-state index is 13.1. The van der Waals surface area contributed by atoms with E-state index < -0.39 is 0 Å². The zero-order chi connectivity index (χ0) is 15.6. The predicted molar refractivity (Wildman–Crippen MR) is 92.6 cm³/mol. The van der Waals surface area contributed by atoms with Crippen molar-refractivity contribution >= 4 is 10.8 Å². The molecule has 3 aromatic carbocycles. The van der Waals surface area contributed by atoms with Crippen molar-refractivity contribution in [2.45, 2.75) is 0 Å². The third-order valence-electron chi connectivity index (χ3n) is 3.97. The van der Waals surface area contributed by atoms with E-state index in [9.17, 15) is 4.39 Å². The van der Waals surface area contributed by atoms with Gasteiger partial charge < -0.3 is 0 Å². The highest BCUT2D eigenvalue weighted by Gasteiger charge is 2.03. The number of hydrogen-bond donors (Lipinski definition) is 0. The predicted octanol–water partition coefficient (Wildman–Crippen LogP) is 5.71. The number of hydrogen-bond acceptors (Lipinski definition) is 1. The Balaban J connectivity index is 1.77. The van der Waals surface area contributed by atoms with Crippen molar-refractivity contribution in [3.05, 3.63) is 90.9 Å². The second kappa shape index (κ2) is 5.65. The van der Waals surface area contributed by atoms with E-state index >= 15 is 0 Å². The molecule has 0 spiro atoms. The van der Waals surface area contributed by atoms with Crippen LogP contribution >= 0.6 is 0 Å². The molecular weight excluding hydrogens is 285 g/mol. The summed E-state index contributed by atoms with van der Waals surface area (Å²) in [6.45, 7) is 0. The van der Waals surface area contributed by atoms with Gasteiger partial charge in [-0.3, -0.25) is 4.98 Å². The molecule has 0 saturated heterocycles. The molecule has 23 heavy (non-hydrogen) atoms. The highest BCUT2D eigenvalue weighted by molar-refractivity contribution is 5.89. The van der Waals surface area contributed by atoms with E-state index in [0.29, 0.717) is 0 Å². The van der Waals surface area contributed by atoms with E-state index in [1.165, 1.54) is 12.1 Å². The Hall–Kier alpha value is -3.00. The van der Waals surface area contributed by atoms with Crippen LogP contribution in [0.4, 0.5) is 4.39 Å². The van der Waals surface area contributed by atoms with Crippen molar-refractivity contribution in [1.82, 2.24) is 4.98 Å². The summed E-state index contributed by atoms with van der Waals surface area (Å²) in [7, 11) is 0. The summed E-state index contributed by atoms with van der Waals surface area (Å²) in [5.74, 6) is -0.219. The number of benzene rings is 3. The van der Waals surface area contributed by atoms with Crippen LogP contribution in [0.15, 0.2) is 85.1 Å². The van der Waals surface area contributed by atoms with Gasteiger partial charge in [-0.15, -0.1) is 0 Å². The highest BCUT2D eigenvalue weighted by atomic mass is 19.1. The van der Waals surface area contributed by atoms with E-state index in [2.05, 4.69) is 41.4 Å². The fraction of sp³-hybridized carbons (Fsp3) is 0. The van der Waals surface area contributed by atoms with Gasteiger partial charge >= 0.3 is 0 Å². The monoisotopic (exact) mass is 299 g/mol. The van der Waals surface area contributed by atoms with E-state index in [1.54, 1.807) is 12.1 Å². The molecule has 1 nitrogen and oxygen atoms in total. The molecule has 4 rings (SSSR count). The minimum atomic E-state index is -0.219. The summed E-state index contributed by atoms with van der Waals surface area (Å²) in [6, 6.07) is 25.0. The summed E-state index contributed by atoms with van der Waals surface area (Å²) in [5.41, 5.74) is 4.14. The molecule has 1 aromatic heterocycles. The van der Waals surface area contributed by atoms with Gasteiger partial charge in [-0.1, -0.05) is 54.6 Å². The Morgan fingerprint density at radius 1 is 0.609 bits per heavy atom. The van der Waals surface area contributed by atoms with Crippen LogP contribution in [-0.2, 0) is 0 Å². The maximum Gasteiger partial charge on any atom is 0.123 e. The molecule has 0 aliphatic heterocycles. The third kappa shape index (κ3) is 2.71.